The number of hydrogen-bond donors (Lipinski definition) is 1. The van der Waals surface area contributed by atoms with Crippen LogP contribution >= 0.6 is 11.3 Å². The van der Waals surface area contributed by atoms with Crippen molar-refractivity contribution in [2.75, 3.05) is 6.61 Å². The second kappa shape index (κ2) is 5.75. The van der Waals surface area contributed by atoms with Gasteiger partial charge in [-0.15, -0.1) is 11.3 Å². The number of aryl methyl sites for hydroxylation is 1. The fraction of sp³-hybridized carbons (Fsp3) is 0.429. The van der Waals surface area contributed by atoms with Crippen molar-refractivity contribution >= 4 is 11.3 Å². The number of rotatable bonds is 4. The molecule has 6 heteroatoms. The van der Waals surface area contributed by atoms with Gasteiger partial charge >= 0.3 is 0 Å². The number of aromatic nitrogens is 2. The van der Waals surface area contributed by atoms with E-state index < -0.39 is 0 Å². The Kier molecular flexibility index (Phi) is 3.83. The van der Waals surface area contributed by atoms with Crippen LogP contribution in [0.2, 0.25) is 0 Å². The highest BCUT2D eigenvalue weighted by molar-refractivity contribution is 7.10. The summed E-state index contributed by atoms with van der Waals surface area (Å²) in [7, 11) is 1.99. The lowest BCUT2D eigenvalue weighted by molar-refractivity contribution is 0.0893. The van der Waals surface area contributed by atoms with Gasteiger partial charge in [0.05, 0.1) is 5.56 Å². The molecular weight excluding hydrogens is 272 g/mol. The minimum absolute atomic E-state index is 0.00500. The third kappa shape index (κ3) is 2.61. The van der Waals surface area contributed by atoms with Crippen molar-refractivity contribution < 1.29 is 4.74 Å². The second-order valence-electron chi connectivity index (χ2n) is 4.88. The van der Waals surface area contributed by atoms with Gasteiger partial charge in [0.2, 0.25) is 0 Å². The van der Waals surface area contributed by atoms with Crippen molar-refractivity contribution in [1.82, 2.24) is 14.9 Å². The van der Waals surface area contributed by atoms with Crippen molar-refractivity contribution in [2.24, 2.45) is 7.05 Å². The molecule has 1 saturated heterocycles. The van der Waals surface area contributed by atoms with E-state index in [9.17, 15) is 0 Å². The molecule has 2 atom stereocenters. The minimum Gasteiger partial charge on any atom is -0.369 e. The largest absolute Gasteiger partial charge is 0.369 e. The van der Waals surface area contributed by atoms with Gasteiger partial charge in [-0.05, 0) is 12.5 Å². The van der Waals surface area contributed by atoms with E-state index in [4.69, 9.17) is 10.00 Å². The number of thiophene rings is 1. The summed E-state index contributed by atoms with van der Waals surface area (Å²) < 4.78 is 7.81. The summed E-state index contributed by atoms with van der Waals surface area (Å²) in [6.45, 7) is 1.52. The fourth-order valence-corrected chi connectivity index (χ4v) is 3.23. The molecule has 2 aromatic heterocycles. The molecule has 104 valence electrons. The van der Waals surface area contributed by atoms with Crippen LogP contribution in [0.4, 0.5) is 0 Å². The van der Waals surface area contributed by atoms with Crippen LogP contribution in [0.3, 0.4) is 0 Å². The van der Waals surface area contributed by atoms with Crippen LogP contribution in [0, 0.1) is 11.3 Å². The zero-order valence-corrected chi connectivity index (χ0v) is 12.1. The van der Waals surface area contributed by atoms with Crippen molar-refractivity contribution in [3.05, 3.63) is 40.1 Å². The summed E-state index contributed by atoms with van der Waals surface area (Å²) in [4.78, 5) is 5.55. The van der Waals surface area contributed by atoms with Crippen molar-refractivity contribution in [3.63, 3.8) is 0 Å². The highest BCUT2D eigenvalue weighted by Crippen LogP contribution is 2.28. The Labute approximate surface area is 121 Å². The van der Waals surface area contributed by atoms with E-state index in [1.54, 1.807) is 17.5 Å². The van der Waals surface area contributed by atoms with Crippen molar-refractivity contribution in [2.45, 2.75) is 25.1 Å². The Bertz CT molecular complexity index is 627. The lowest BCUT2D eigenvalue weighted by Gasteiger charge is -2.19. The molecule has 3 rings (SSSR count). The van der Waals surface area contributed by atoms with E-state index in [2.05, 4.69) is 16.4 Å². The van der Waals surface area contributed by atoms with Gasteiger partial charge in [0.1, 0.15) is 18.0 Å². The zero-order chi connectivity index (χ0) is 13.9. The first kappa shape index (κ1) is 13.3. The molecule has 3 heterocycles. The van der Waals surface area contributed by atoms with Crippen LogP contribution in [-0.2, 0) is 18.3 Å². The monoisotopic (exact) mass is 288 g/mol. The number of hydrogen-bond acceptors (Lipinski definition) is 5. The minimum atomic E-state index is 0.00500. The quantitative estimate of drug-likeness (QED) is 0.934. The van der Waals surface area contributed by atoms with Crippen molar-refractivity contribution in [3.8, 4) is 6.07 Å². The van der Waals surface area contributed by atoms with E-state index in [-0.39, 0.29) is 12.1 Å². The lowest BCUT2D eigenvalue weighted by Crippen LogP contribution is -2.32. The molecule has 0 unspecified atom stereocenters. The van der Waals surface area contributed by atoms with Crippen LogP contribution in [0.15, 0.2) is 23.8 Å². The molecule has 0 aliphatic carbocycles. The Hall–Kier alpha value is -1.68. The molecule has 0 aromatic carbocycles. The number of nitriles is 1. The van der Waals surface area contributed by atoms with Gasteiger partial charge in [-0.2, -0.15) is 5.26 Å². The van der Waals surface area contributed by atoms with Gasteiger partial charge in [0.15, 0.2) is 0 Å². The second-order valence-corrected chi connectivity index (χ2v) is 5.87. The summed E-state index contributed by atoms with van der Waals surface area (Å²) in [5.74, 6) is 0.962. The third-order valence-electron chi connectivity index (χ3n) is 3.53. The van der Waals surface area contributed by atoms with Crippen molar-refractivity contribution in [1.29, 1.82) is 5.26 Å². The average Bonchev–Trinajstić information content (AvgIpc) is 3.15. The van der Waals surface area contributed by atoms with Crippen LogP contribution < -0.4 is 5.32 Å². The van der Waals surface area contributed by atoms with Gasteiger partial charge in [-0.1, -0.05) is 0 Å². The van der Waals surface area contributed by atoms with E-state index in [1.807, 2.05) is 29.3 Å². The summed E-state index contributed by atoms with van der Waals surface area (Å²) in [6.07, 6.45) is 4.72. The van der Waals surface area contributed by atoms with Crippen LogP contribution in [0.5, 0.6) is 0 Å². The molecule has 1 N–H and O–H groups in total. The lowest BCUT2D eigenvalue weighted by atomic mass is 10.1. The van der Waals surface area contributed by atoms with Gasteiger partial charge in [0, 0.05) is 48.9 Å². The molecule has 0 saturated carbocycles. The molecule has 0 spiro atoms. The van der Waals surface area contributed by atoms with E-state index in [0.29, 0.717) is 0 Å². The number of nitrogens with one attached hydrogen (secondary N) is 1. The third-order valence-corrected chi connectivity index (χ3v) is 4.46. The maximum absolute atomic E-state index is 8.83. The predicted molar refractivity (Wildman–Crippen MR) is 76.2 cm³/mol. The highest BCUT2D eigenvalue weighted by Gasteiger charge is 2.31. The Morgan fingerprint density at radius 2 is 2.55 bits per heavy atom. The normalized spacial score (nSPS) is 22.0. The average molecular weight is 288 g/mol. The van der Waals surface area contributed by atoms with Crippen LogP contribution in [-0.4, -0.2) is 22.2 Å². The first-order valence-electron chi connectivity index (χ1n) is 6.57. The molecule has 5 nitrogen and oxygen atoms in total. The van der Waals surface area contributed by atoms with Gasteiger partial charge < -0.3 is 14.6 Å². The molecular formula is C14H16N4OS. The predicted octanol–water partition coefficient (Wildman–Crippen LogP) is 1.97. The Balaban J connectivity index is 1.65. The van der Waals surface area contributed by atoms with Gasteiger partial charge in [-0.25, -0.2) is 4.98 Å². The molecule has 0 amide bonds. The molecule has 0 bridgehead atoms. The smallest absolute Gasteiger partial charge is 0.139 e. The van der Waals surface area contributed by atoms with E-state index in [0.717, 1.165) is 31.0 Å². The topological polar surface area (TPSA) is 62.9 Å². The SMILES string of the molecule is Cn1ccnc1[C@H]1OCC[C@@H]1NCc1cc(C#N)cs1. The Morgan fingerprint density at radius 1 is 1.65 bits per heavy atom. The molecule has 1 aliphatic rings. The molecule has 1 fully saturated rings. The number of ether oxygens (including phenoxy) is 1. The summed E-state index contributed by atoms with van der Waals surface area (Å²) in [6, 6.07) is 4.36. The molecule has 0 radical (unpaired) electrons. The first-order valence-corrected chi connectivity index (χ1v) is 7.45. The maximum atomic E-state index is 8.83. The summed E-state index contributed by atoms with van der Waals surface area (Å²) in [5.41, 5.74) is 0.732. The maximum Gasteiger partial charge on any atom is 0.139 e. The fourth-order valence-electron chi connectivity index (χ4n) is 2.47. The molecule has 20 heavy (non-hydrogen) atoms. The summed E-state index contributed by atoms with van der Waals surface area (Å²) >= 11 is 1.61. The Morgan fingerprint density at radius 3 is 3.25 bits per heavy atom. The first-order chi connectivity index (χ1) is 9.78. The van der Waals surface area contributed by atoms with E-state index in [1.165, 1.54) is 4.88 Å². The van der Waals surface area contributed by atoms with Crippen LogP contribution in [0.25, 0.3) is 0 Å². The molecule has 2 aromatic rings. The number of nitrogens with zero attached hydrogens (tertiary/aromatic N) is 3. The standard InChI is InChI=1S/C14H16N4OS/c1-18-4-3-16-14(18)13-12(2-5-19-13)17-8-11-6-10(7-15)9-20-11/h3-4,6,9,12-13,17H,2,5,8H2,1H3/t12-,13-/m0/s1. The van der Waals surface area contributed by atoms with Crippen LogP contribution in [0.1, 0.15) is 28.8 Å². The summed E-state index contributed by atoms with van der Waals surface area (Å²) in [5, 5.41) is 14.2. The van der Waals surface area contributed by atoms with E-state index >= 15 is 0 Å². The van der Waals surface area contributed by atoms with Gasteiger partial charge in [0.25, 0.3) is 0 Å². The zero-order valence-electron chi connectivity index (χ0n) is 11.2. The number of imidazole rings is 1. The van der Waals surface area contributed by atoms with Gasteiger partial charge in [-0.3, -0.25) is 0 Å². The molecule has 1 aliphatic heterocycles. The highest BCUT2D eigenvalue weighted by atomic mass is 32.1.